The summed E-state index contributed by atoms with van der Waals surface area (Å²) in [5, 5.41) is 17.0. The summed E-state index contributed by atoms with van der Waals surface area (Å²) < 4.78 is 0. The number of rotatable bonds is 32. The number of unbranched alkanes of at least 4 members (excludes halogenated alkanes) is 28. The van der Waals surface area contributed by atoms with Crippen molar-refractivity contribution < 1.29 is 39.3 Å². The van der Waals surface area contributed by atoms with Crippen LogP contribution in [0.5, 0.6) is 0 Å². The molecule has 0 aromatic rings. The first-order valence-electron chi connectivity index (χ1n) is 18.0. The van der Waals surface area contributed by atoms with Crippen LogP contribution in [-0.2, 0) is 29.1 Å². The number of aliphatic carboxylic acids is 2. The number of carboxylic acids is 2. The van der Waals surface area contributed by atoms with Gasteiger partial charge in [0.15, 0.2) is 17.4 Å². The summed E-state index contributed by atoms with van der Waals surface area (Å²) in [6.07, 6.45) is 40.4. The molecule has 0 unspecified atom stereocenters. The molecular formula is C37H79AlO4Zn. The average Bonchev–Trinajstić information content (AvgIpc) is 2.93. The van der Waals surface area contributed by atoms with E-state index in [0.29, 0.717) is 12.8 Å². The van der Waals surface area contributed by atoms with Gasteiger partial charge in [-0.05, 0) is 12.8 Å². The second kappa shape index (κ2) is 49.0. The molecule has 43 heavy (non-hydrogen) atoms. The average molecular weight is 680 g/mol. The maximum atomic E-state index is 10.3. The van der Waals surface area contributed by atoms with Gasteiger partial charge in [0.2, 0.25) is 0 Å². The Kier molecular flexibility index (Phi) is 59.9. The minimum absolute atomic E-state index is 0. The van der Waals surface area contributed by atoms with Gasteiger partial charge in [0.05, 0.1) is 0 Å². The fraction of sp³-hybridized carbons (Fsp3) is 0.946. The third kappa shape index (κ3) is 58.2. The van der Waals surface area contributed by atoms with Crippen LogP contribution in [0.1, 0.15) is 227 Å². The van der Waals surface area contributed by atoms with Gasteiger partial charge in [-0.1, -0.05) is 201 Å². The van der Waals surface area contributed by atoms with Gasteiger partial charge in [-0.25, -0.2) is 0 Å². The molecule has 0 aromatic carbocycles. The Morgan fingerprint density at radius 1 is 0.349 bits per heavy atom. The molecule has 2 N–H and O–H groups in total. The van der Waals surface area contributed by atoms with Crippen LogP contribution < -0.4 is 0 Å². The Balaban J connectivity index is -0.000000209. The molecule has 0 saturated carbocycles. The molecule has 256 valence electrons. The van der Waals surface area contributed by atoms with E-state index in [-0.39, 0.29) is 44.3 Å². The number of carboxylic acid groups (broad SMARTS) is 2. The van der Waals surface area contributed by atoms with Gasteiger partial charge in [-0.15, -0.1) is 0 Å². The van der Waals surface area contributed by atoms with Gasteiger partial charge in [0.1, 0.15) is 0 Å². The Bertz CT molecular complexity index is 461. The molecule has 0 atom stereocenters. The van der Waals surface area contributed by atoms with Crippen molar-refractivity contribution in [2.24, 2.45) is 0 Å². The van der Waals surface area contributed by atoms with E-state index in [1.54, 1.807) is 0 Å². The quantitative estimate of drug-likeness (QED) is 0.0548. The van der Waals surface area contributed by atoms with Crippen LogP contribution in [-0.4, -0.2) is 39.5 Å². The molecule has 0 spiro atoms. The summed E-state index contributed by atoms with van der Waals surface area (Å²) in [4.78, 5) is 20.7. The van der Waals surface area contributed by atoms with Crippen molar-refractivity contribution in [2.75, 3.05) is 0 Å². The predicted octanol–water partition coefficient (Wildman–Crippen LogP) is 12.1. The Labute approximate surface area is 294 Å². The first kappa shape index (κ1) is 52.6. The van der Waals surface area contributed by atoms with E-state index in [1.807, 2.05) is 0 Å². The van der Waals surface area contributed by atoms with E-state index in [4.69, 9.17) is 10.2 Å². The summed E-state index contributed by atoms with van der Waals surface area (Å²) in [7, 11) is 0. The zero-order chi connectivity index (χ0) is 29.8. The molecule has 0 fully saturated rings. The molecule has 0 amide bonds. The summed E-state index contributed by atoms with van der Waals surface area (Å²) in [5.74, 6) is -1.31. The van der Waals surface area contributed by atoms with Crippen molar-refractivity contribution in [2.45, 2.75) is 227 Å². The van der Waals surface area contributed by atoms with Crippen molar-refractivity contribution in [1.82, 2.24) is 0 Å². The molecule has 0 rings (SSSR count). The second-order valence-electron chi connectivity index (χ2n) is 12.2. The van der Waals surface area contributed by atoms with E-state index < -0.39 is 11.9 Å². The zero-order valence-electron chi connectivity index (χ0n) is 28.0. The first-order chi connectivity index (χ1) is 19.5. The molecule has 0 radical (unpaired) electrons. The largest absolute Gasteiger partial charge is 0.481 e. The number of hydrogen-bond donors (Lipinski definition) is 2. The van der Waals surface area contributed by atoms with E-state index in [0.717, 1.165) is 25.7 Å². The van der Waals surface area contributed by atoms with Gasteiger partial charge >= 0.3 is 11.9 Å². The fourth-order valence-electron chi connectivity index (χ4n) is 5.30. The van der Waals surface area contributed by atoms with Gasteiger partial charge in [-0.2, -0.15) is 0 Å². The van der Waals surface area contributed by atoms with Crippen LogP contribution in [0.15, 0.2) is 0 Å². The van der Waals surface area contributed by atoms with Crippen molar-refractivity contribution in [3.8, 4) is 0 Å². The van der Waals surface area contributed by atoms with E-state index >= 15 is 0 Å². The van der Waals surface area contributed by atoms with Crippen LogP contribution in [0.4, 0.5) is 0 Å². The standard InChI is InChI=1S/2C18H36O2.CH4.Al.Zn.3H/c2*1-2-3-4-5-6-7-8-9-10-11-12-13-14-15-16-17-18(19)20;;;;;;/h2*2-17H2,1H3,(H,19,20);1H4;;;;;. The molecule has 0 aliphatic rings. The minimum atomic E-state index is -0.653. The van der Waals surface area contributed by atoms with E-state index in [2.05, 4.69) is 13.8 Å². The molecule has 4 nitrogen and oxygen atoms in total. The van der Waals surface area contributed by atoms with Gasteiger partial charge in [0, 0.05) is 32.3 Å². The molecule has 0 saturated heterocycles. The Morgan fingerprint density at radius 3 is 0.628 bits per heavy atom. The fourth-order valence-corrected chi connectivity index (χ4v) is 5.30. The second-order valence-corrected chi connectivity index (χ2v) is 12.2. The number of carbonyl (C=O) groups is 2. The maximum Gasteiger partial charge on any atom is 0.303 e. The first-order valence-corrected chi connectivity index (χ1v) is 18.0. The predicted molar refractivity (Wildman–Crippen MR) is 191 cm³/mol. The summed E-state index contributed by atoms with van der Waals surface area (Å²) in [6, 6.07) is 0. The molecule has 0 aliphatic carbocycles. The molecule has 0 bridgehead atoms. The van der Waals surface area contributed by atoms with Crippen molar-refractivity contribution >= 4 is 29.3 Å². The van der Waals surface area contributed by atoms with Gasteiger partial charge < -0.3 is 10.2 Å². The van der Waals surface area contributed by atoms with Crippen LogP contribution >= 0.6 is 0 Å². The normalized spacial score (nSPS) is 10.1. The van der Waals surface area contributed by atoms with Crippen molar-refractivity contribution in [3.63, 3.8) is 0 Å². The van der Waals surface area contributed by atoms with Crippen molar-refractivity contribution in [3.05, 3.63) is 0 Å². The Morgan fingerprint density at radius 2 is 0.488 bits per heavy atom. The van der Waals surface area contributed by atoms with Gasteiger partial charge in [0.25, 0.3) is 0 Å². The summed E-state index contributed by atoms with van der Waals surface area (Å²) in [5.41, 5.74) is 0. The SMILES string of the molecule is C.CCCCCCCCCCCCCCCCCC(=O)O.CCCCCCCCCCCCCCCCCC(=O)O.[AlH3].[Zn]. The van der Waals surface area contributed by atoms with E-state index in [9.17, 15) is 9.59 Å². The monoisotopic (exact) mass is 679 g/mol. The molecule has 6 heteroatoms. The van der Waals surface area contributed by atoms with Crippen LogP contribution in [0.3, 0.4) is 0 Å². The zero-order valence-corrected chi connectivity index (χ0v) is 31.0. The smallest absolute Gasteiger partial charge is 0.303 e. The maximum absolute atomic E-state index is 10.3. The topological polar surface area (TPSA) is 74.6 Å². The Hall–Kier alpha value is 0.0958. The molecule has 0 heterocycles. The van der Waals surface area contributed by atoms with E-state index in [1.165, 1.54) is 167 Å². The van der Waals surface area contributed by atoms with Gasteiger partial charge in [-0.3, -0.25) is 9.59 Å². The third-order valence-corrected chi connectivity index (χ3v) is 7.99. The third-order valence-electron chi connectivity index (χ3n) is 7.99. The number of hydrogen-bond acceptors (Lipinski definition) is 2. The van der Waals surface area contributed by atoms with Crippen LogP contribution in [0.25, 0.3) is 0 Å². The van der Waals surface area contributed by atoms with Crippen LogP contribution in [0.2, 0.25) is 0 Å². The van der Waals surface area contributed by atoms with Crippen LogP contribution in [0, 0.1) is 0 Å². The summed E-state index contributed by atoms with van der Waals surface area (Å²) >= 11 is 0. The molecule has 0 aliphatic heterocycles. The molecular weight excluding hydrogens is 601 g/mol. The minimum Gasteiger partial charge on any atom is -0.481 e. The molecule has 0 aromatic heterocycles. The van der Waals surface area contributed by atoms with Crippen molar-refractivity contribution in [1.29, 1.82) is 0 Å². The summed E-state index contributed by atoms with van der Waals surface area (Å²) in [6.45, 7) is 4.54.